The molecule has 1 rings (SSSR count). The molecule has 0 radical (unpaired) electrons. The van der Waals surface area contributed by atoms with Crippen LogP contribution in [-0.4, -0.2) is 32.5 Å². The lowest BCUT2D eigenvalue weighted by atomic mass is 10.2. The monoisotopic (exact) mass is 156 g/mol. The van der Waals surface area contributed by atoms with E-state index in [1.807, 2.05) is 0 Å². The van der Waals surface area contributed by atoms with Gasteiger partial charge in [0, 0.05) is 13.1 Å². The number of rotatable bonds is 4. The number of hydrogen-bond donors (Lipinski definition) is 2. The van der Waals surface area contributed by atoms with Crippen molar-refractivity contribution >= 4 is 0 Å². The van der Waals surface area contributed by atoms with Crippen LogP contribution in [0.2, 0.25) is 0 Å². The number of nitrogens with zero attached hydrogens (tertiary/aromatic N) is 3. The van der Waals surface area contributed by atoms with Gasteiger partial charge in [0.15, 0.2) is 0 Å². The first kappa shape index (κ1) is 8.16. The van der Waals surface area contributed by atoms with Gasteiger partial charge in [-0.3, -0.25) is 4.68 Å². The molecule has 0 amide bonds. The Morgan fingerprint density at radius 3 is 3.00 bits per heavy atom. The summed E-state index contributed by atoms with van der Waals surface area (Å²) in [5.74, 6) is 0. The molecule has 1 atom stereocenters. The fourth-order valence-corrected chi connectivity index (χ4v) is 0.747. The molecule has 5 heteroatoms. The van der Waals surface area contributed by atoms with Gasteiger partial charge in [0.2, 0.25) is 0 Å². The van der Waals surface area contributed by atoms with Crippen molar-refractivity contribution in [1.82, 2.24) is 14.8 Å². The number of aliphatic hydroxyl groups excluding tert-OH is 1. The van der Waals surface area contributed by atoms with E-state index in [0.29, 0.717) is 19.5 Å². The van der Waals surface area contributed by atoms with Crippen molar-refractivity contribution in [2.45, 2.75) is 19.1 Å². The summed E-state index contributed by atoms with van der Waals surface area (Å²) in [6.07, 6.45) is 3.27. The Morgan fingerprint density at radius 2 is 2.45 bits per heavy atom. The highest BCUT2D eigenvalue weighted by Crippen LogP contribution is 1.91. The van der Waals surface area contributed by atoms with Crippen LogP contribution >= 0.6 is 0 Å². The lowest BCUT2D eigenvalue weighted by Crippen LogP contribution is -2.21. The summed E-state index contributed by atoms with van der Waals surface area (Å²) in [5.41, 5.74) is 5.22. The molecule has 1 heterocycles. The summed E-state index contributed by atoms with van der Waals surface area (Å²) < 4.78 is 1.67. The van der Waals surface area contributed by atoms with Crippen molar-refractivity contribution in [2.75, 3.05) is 6.54 Å². The Bertz CT molecular complexity index is 186. The highest BCUT2D eigenvalue weighted by atomic mass is 16.3. The minimum absolute atomic E-state index is 0.300. The van der Waals surface area contributed by atoms with Gasteiger partial charge in [-0.15, -0.1) is 0 Å². The van der Waals surface area contributed by atoms with E-state index in [1.54, 1.807) is 11.0 Å². The molecule has 5 nitrogen and oxygen atoms in total. The maximum atomic E-state index is 9.07. The number of aromatic nitrogens is 3. The first-order valence-electron chi connectivity index (χ1n) is 3.53. The number of hydrogen-bond acceptors (Lipinski definition) is 4. The second-order valence-corrected chi connectivity index (χ2v) is 2.34. The van der Waals surface area contributed by atoms with Crippen LogP contribution in [0.1, 0.15) is 6.42 Å². The van der Waals surface area contributed by atoms with E-state index in [1.165, 1.54) is 6.33 Å². The quantitative estimate of drug-likeness (QED) is 0.585. The van der Waals surface area contributed by atoms with Crippen LogP contribution in [0, 0.1) is 0 Å². The van der Waals surface area contributed by atoms with Crippen molar-refractivity contribution in [3.05, 3.63) is 12.7 Å². The lowest BCUT2D eigenvalue weighted by Gasteiger charge is -2.05. The number of nitrogens with two attached hydrogens (primary N) is 1. The van der Waals surface area contributed by atoms with Crippen molar-refractivity contribution in [3.8, 4) is 0 Å². The van der Waals surface area contributed by atoms with Gasteiger partial charge in [-0.05, 0) is 6.42 Å². The van der Waals surface area contributed by atoms with E-state index < -0.39 is 6.10 Å². The lowest BCUT2D eigenvalue weighted by molar-refractivity contribution is 0.165. The van der Waals surface area contributed by atoms with E-state index in [0.717, 1.165) is 0 Å². The minimum Gasteiger partial charge on any atom is -0.392 e. The molecular weight excluding hydrogens is 144 g/mol. The van der Waals surface area contributed by atoms with Gasteiger partial charge in [0.05, 0.1) is 6.10 Å². The van der Waals surface area contributed by atoms with Gasteiger partial charge in [-0.2, -0.15) is 5.10 Å². The van der Waals surface area contributed by atoms with Crippen LogP contribution in [0.4, 0.5) is 0 Å². The molecule has 11 heavy (non-hydrogen) atoms. The minimum atomic E-state index is -0.431. The summed E-state index contributed by atoms with van der Waals surface area (Å²) in [7, 11) is 0. The number of aryl methyl sites for hydroxylation is 1. The van der Waals surface area contributed by atoms with Gasteiger partial charge >= 0.3 is 0 Å². The van der Waals surface area contributed by atoms with Crippen LogP contribution in [0.25, 0.3) is 0 Å². The first-order chi connectivity index (χ1) is 5.33. The summed E-state index contributed by atoms with van der Waals surface area (Å²) in [6, 6.07) is 0. The molecule has 0 spiro atoms. The van der Waals surface area contributed by atoms with Gasteiger partial charge in [-0.1, -0.05) is 0 Å². The standard InChI is InChI=1S/C6H12N4O/c7-3-6(11)1-2-10-5-8-4-9-10/h4-6,11H,1-3,7H2/t6-/m0/s1. The molecule has 0 aliphatic heterocycles. The largest absolute Gasteiger partial charge is 0.392 e. The van der Waals surface area contributed by atoms with E-state index in [-0.39, 0.29) is 0 Å². The summed E-state index contributed by atoms with van der Waals surface area (Å²) in [4.78, 5) is 3.76. The van der Waals surface area contributed by atoms with E-state index in [4.69, 9.17) is 10.8 Å². The molecule has 0 aliphatic carbocycles. The summed E-state index contributed by atoms with van der Waals surface area (Å²) in [5, 5.41) is 12.9. The zero-order valence-electron chi connectivity index (χ0n) is 6.22. The zero-order chi connectivity index (χ0) is 8.10. The second kappa shape index (κ2) is 4.05. The predicted octanol–water partition coefficient (Wildman–Crippen LogP) is -1.01. The molecule has 0 saturated heterocycles. The third-order valence-corrected chi connectivity index (χ3v) is 1.43. The molecule has 0 aromatic carbocycles. The van der Waals surface area contributed by atoms with Crippen LogP contribution in [-0.2, 0) is 6.54 Å². The van der Waals surface area contributed by atoms with Crippen molar-refractivity contribution in [2.24, 2.45) is 5.73 Å². The Morgan fingerprint density at radius 1 is 1.64 bits per heavy atom. The first-order valence-corrected chi connectivity index (χ1v) is 3.53. The van der Waals surface area contributed by atoms with Gasteiger partial charge in [0.1, 0.15) is 12.7 Å². The molecule has 1 aromatic heterocycles. The maximum absolute atomic E-state index is 9.07. The Hall–Kier alpha value is -0.940. The molecule has 0 unspecified atom stereocenters. The smallest absolute Gasteiger partial charge is 0.137 e. The third kappa shape index (κ3) is 2.65. The van der Waals surface area contributed by atoms with E-state index in [9.17, 15) is 0 Å². The average molecular weight is 156 g/mol. The van der Waals surface area contributed by atoms with E-state index >= 15 is 0 Å². The van der Waals surface area contributed by atoms with E-state index in [2.05, 4.69) is 10.1 Å². The summed E-state index contributed by atoms with van der Waals surface area (Å²) >= 11 is 0. The van der Waals surface area contributed by atoms with Crippen LogP contribution in [0.5, 0.6) is 0 Å². The SMILES string of the molecule is NC[C@@H](O)CCn1cncn1. The molecule has 0 fully saturated rings. The molecule has 1 aromatic rings. The topological polar surface area (TPSA) is 77.0 Å². The summed E-state index contributed by atoms with van der Waals surface area (Å²) in [6.45, 7) is 0.965. The fraction of sp³-hybridized carbons (Fsp3) is 0.667. The molecule has 0 bridgehead atoms. The molecule has 3 N–H and O–H groups in total. The highest BCUT2D eigenvalue weighted by molar-refractivity contribution is 4.59. The molecule has 0 saturated carbocycles. The van der Waals surface area contributed by atoms with Crippen LogP contribution in [0.3, 0.4) is 0 Å². The predicted molar refractivity (Wildman–Crippen MR) is 39.7 cm³/mol. The second-order valence-electron chi connectivity index (χ2n) is 2.34. The maximum Gasteiger partial charge on any atom is 0.137 e. The third-order valence-electron chi connectivity index (χ3n) is 1.43. The molecular formula is C6H12N4O. The van der Waals surface area contributed by atoms with Gasteiger partial charge in [0.25, 0.3) is 0 Å². The zero-order valence-corrected chi connectivity index (χ0v) is 6.22. The Balaban J connectivity index is 2.23. The van der Waals surface area contributed by atoms with Gasteiger partial charge < -0.3 is 10.8 Å². The Kier molecular flexibility index (Phi) is 3.00. The van der Waals surface area contributed by atoms with Gasteiger partial charge in [-0.25, -0.2) is 4.98 Å². The fourth-order valence-electron chi connectivity index (χ4n) is 0.747. The van der Waals surface area contributed by atoms with Crippen molar-refractivity contribution in [1.29, 1.82) is 0 Å². The van der Waals surface area contributed by atoms with Crippen molar-refractivity contribution in [3.63, 3.8) is 0 Å². The van der Waals surface area contributed by atoms with Crippen molar-refractivity contribution < 1.29 is 5.11 Å². The van der Waals surface area contributed by atoms with Crippen LogP contribution in [0.15, 0.2) is 12.7 Å². The Labute approximate surface area is 64.9 Å². The normalized spacial score (nSPS) is 13.3. The van der Waals surface area contributed by atoms with Crippen LogP contribution < -0.4 is 5.73 Å². The molecule has 0 aliphatic rings. The molecule has 62 valence electrons. The number of aliphatic hydroxyl groups is 1. The highest BCUT2D eigenvalue weighted by Gasteiger charge is 2.00. The average Bonchev–Trinajstić information content (AvgIpc) is 2.52.